The van der Waals surface area contributed by atoms with Crippen LogP contribution < -0.4 is 0 Å². The Morgan fingerprint density at radius 1 is 0.969 bits per heavy atom. The average molecular weight is 450 g/mol. The largest absolute Gasteiger partial charge is 0.459 e. The molecule has 2 aliphatic heterocycles. The van der Waals surface area contributed by atoms with Gasteiger partial charge in [0.1, 0.15) is 0 Å². The Hall–Kier alpha value is -3.39. The van der Waals surface area contributed by atoms with Crippen molar-refractivity contribution in [3.8, 4) is 0 Å². The van der Waals surface area contributed by atoms with Crippen LogP contribution in [0, 0.1) is 0 Å². The van der Waals surface area contributed by atoms with Crippen LogP contribution in [-0.2, 0) is 11.3 Å². The molecule has 164 valence electrons. The molecule has 0 bridgehead atoms. The lowest BCUT2D eigenvalue weighted by Crippen LogP contribution is -2.51. The van der Waals surface area contributed by atoms with Crippen LogP contribution in [0.5, 0.6) is 0 Å². The molecule has 0 radical (unpaired) electrons. The van der Waals surface area contributed by atoms with Crippen LogP contribution >= 0.6 is 11.3 Å². The summed E-state index contributed by atoms with van der Waals surface area (Å²) in [5, 5.41) is 1.97. The van der Waals surface area contributed by atoms with Crippen molar-refractivity contribution in [2.24, 2.45) is 0 Å². The highest BCUT2D eigenvalue weighted by Gasteiger charge is 2.36. The SMILES string of the molecule is O=C(C[C@@H](c1cccs1)N1Cc2ccccc2C1=O)N1CCN(C(=O)c2ccco2)CC1. The normalized spacial score (nSPS) is 16.9. The first-order valence-electron chi connectivity index (χ1n) is 10.6. The number of benzene rings is 1. The van der Waals surface area contributed by atoms with E-state index in [4.69, 9.17) is 4.42 Å². The third kappa shape index (κ3) is 3.82. The second-order valence-electron chi connectivity index (χ2n) is 7.98. The lowest BCUT2D eigenvalue weighted by molar-refractivity contribution is -0.133. The van der Waals surface area contributed by atoms with E-state index in [0.717, 1.165) is 10.4 Å². The quantitative estimate of drug-likeness (QED) is 0.598. The number of hydrogen-bond acceptors (Lipinski definition) is 5. The minimum absolute atomic E-state index is 0.00254. The minimum atomic E-state index is -0.301. The van der Waals surface area contributed by atoms with Crippen LogP contribution in [0.2, 0.25) is 0 Å². The van der Waals surface area contributed by atoms with Gasteiger partial charge >= 0.3 is 0 Å². The molecule has 1 atom stereocenters. The van der Waals surface area contributed by atoms with Gasteiger partial charge in [-0.25, -0.2) is 0 Å². The first-order valence-corrected chi connectivity index (χ1v) is 11.5. The molecule has 0 N–H and O–H groups in total. The Balaban J connectivity index is 1.27. The fourth-order valence-electron chi connectivity index (χ4n) is 4.38. The third-order valence-corrected chi connectivity index (χ3v) is 7.09. The van der Waals surface area contributed by atoms with Gasteiger partial charge in [0.25, 0.3) is 11.8 Å². The van der Waals surface area contributed by atoms with Crippen LogP contribution in [0.25, 0.3) is 0 Å². The van der Waals surface area contributed by atoms with Crippen molar-refractivity contribution in [3.63, 3.8) is 0 Å². The standard InChI is InChI=1S/C24H23N3O4S/c28-22(25-9-11-26(12-10-25)24(30)20-7-3-13-31-20)15-19(21-8-4-14-32-21)27-16-17-5-1-2-6-18(17)23(27)29/h1-8,13-14,19H,9-12,15-16H2/t19-/m0/s1. The summed E-state index contributed by atoms with van der Waals surface area (Å²) in [5.74, 6) is 0.131. The van der Waals surface area contributed by atoms with Crippen LogP contribution in [0.1, 0.15) is 43.8 Å². The van der Waals surface area contributed by atoms with Crippen molar-refractivity contribution in [1.82, 2.24) is 14.7 Å². The first-order chi connectivity index (χ1) is 15.6. The second kappa shape index (κ2) is 8.63. The van der Waals surface area contributed by atoms with Gasteiger partial charge in [0.05, 0.1) is 18.7 Å². The van der Waals surface area contributed by atoms with Gasteiger partial charge < -0.3 is 19.1 Å². The Labute approximate surface area is 189 Å². The van der Waals surface area contributed by atoms with Crippen molar-refractivity contribution >= 4 is 29.1 Å². The monoisotopic (exact) mass is 449 g/mol. The fraction of sp³-hybridized carbons (Fsp3) is 0.292. The maximum Gasteiger partial charge on any atom is 0.289 e. The zero-order chi connectivity index (χ0) is 22.1. The number of fused-ring (bicyclic) bond motifs is 1. The third-order valence-electron chi connectivity index (χ3n) is 6.12. The van der Waals surface area contributed by atoms with Gasteiger partial charge in [0, 0.05) is 43.2 Å². The number of carbonyl (C=O) groups is 3. The molecule has 8 heteroatoms. The highest BCUT2D eigenvalue weighted by Crippen LogP contribution is 2.35. The maximum atomic E-state index is 13.2. The average Bonchev–Trinajstić information content (AvgIpc) is 3.59. The molecule has 3 aromatic rings. The zero-order valence-electron chi connectivity index (χ0n) is 17.5. The molecule has 7 nitrogen and oxygen atoms in total. The second-order valence-corrected chi connectivity index (χ2v) is 8.96. The van der Waals surface area contributed by atoms with Crippen molar-refractivity contribution in [2.75, 3.05) is 26.2 Å². The molecule has 0 spiro atoms. The van der Waals surface area contributed by atoms with E-state index >= 15 is 0 Å². The summed E-state index contributed by atoms with van der Waals surface area (Å²) < 4.78 is 5.20. The molecule has 5 rings (SSSR count). The van der Waals surface area contributed by atoms with Gasteiger partial charge in [-0.1, -0.05) is 24.3 Å². The summed E-state index contributed by atoms with van der Waals surface area (Å²) in [6.45, 7) is 2.37. The number of carbonyl (C=O) groups excluding carboxylic acids is 3. The lowest BCUT2D eigenvalue weighted by atomic mass is 10.1. The molecule has 3 amide bonds. The highest BCUT2D eigenvalue weighted by atomic mass is 32.1. The summed E-state index contributed by atoms with van der Waals surface area (Å²) in [5.41, 5.74) is 1.71. The van der Waals surface area contributed by atoms with Crippen LogP contribution in [0.3, 0.4) is 0 Å². The van der Waals surface area contributed by atoms with E-state index in [1.165, 1.54) is 6.26 Å². The Kier molecular flexibility index (Phi) is 5.53. The van der Waals surface area contributed by atoms with E-state index in [2.05, 4.69) is 0 Å². The first kappa shape index (κ1) is 20.5. The molecule has 32 heavy (non-hydrogen) atoms. The Bertz CT molecular complexity index is 1120. The predicted octanol–water partition coefficient (Wildman–Crippen LogP) is 3.41. The van der Waals surface area contributed by atoms with Crippen LogP contribution in [-0.4, -0.2) is 58.6 Å². The fourth-order valence-corrected chi connectivity index (χ4v) is 5.22. The van der Waals surface area contributed by atoms with E-state index < -0.39 is 0 Å². The lowest BCUT2D eigenvalue weighted by Gasteiger charge is -2.36. The van der Waals surface area contributed by atoms with Gasteiger partial charge in [-0.3, -0.25) is 14.4 Å². The summed E-state index contributed by atoms with van der Waals surface area (Å²) in [7, 11) is 0. The van der Waals surface area contributed by atoms with E-state index in [0.29, 0.717) is 44.0 Å². The molecule has 1 saturated heterocycles. The molecule has 0 unspecified atom stereocenters. The number of nitrogens with zero attached hydrogens (tertiary/aromatic N) is 3. The van der Waals surface area contributed by atoms with Crippen molar-refractivity contribution in [3.05, 3.63) is 81.9 Å². The smallest absolute Gasteiger partial charge is 0.289 e. The molecular formula is C24H23N3O4S. The molecule has 0 saturated carbocycles. The molecular weight excluding hydrogens is 426 g/mol. The van der Waals surface area contributed by atoms with E-state index in [-0.39, 0.29) is 30.2 Å². The maximum absolute atomic E-state index is 13.2. The van der Waals surface area contributed by atoms with Gasteiger partial charge in [0.15, 0.2) is 5.76 Å². The molecule has 0 aliphatic carbocycles. The number of furan rings is 1. The molecule has 4 heterocycles. The molecule has 1 aromatic carbocycles. The van der Waals surface area contributed by atoms with E-state index in [1.54, 1.807) is 33.3 Å². The summed E-state index contributed by atoms with van der Waals surface area (Å²) in [6.07, 6.45) is 1.71. The summed E-state index contributed by atoms with van der Waals surface area (Å²) >= 11 is 1.56. The number of rotatable bonds is 5. The van der Waals surface area contributed by atoms with Gasteiger partial charge in [-0.2, -0.15) is 0 Å². The van der Waals surface area contributed by atoms with Crippen molar-refractivity contribution in [2.45, 2.75) is 19.0 Å². The molecule has 2 aliphatic rings. The number of amides is 3. The number of hydrogen-bond donors (Lipinski definition) is 0. The summed E-state index contributed by atoms with van der Waals surface area (Å²) in [4.78, 5) is 45.1. The molecule has 2 aromatic heterocycles. The number of piperazine rings is 1. The molecule has 1 fully saturated rings. The van der Waals surface area contributed by atoms with E-state index in [1.807, 2.05) is 46.7 Å². The van der Waals surface area contributed by atoms with Crippen molar-refractivity contribution < 1.29 is 18.8 Å². The van der Waals surface area contributed by atoms with Crippen molar-refractivity contribution in [1.29, 1.82) is 0 Å². The summed E-state index contributed by atoms with van der Waals surface area (Å²) in [6, 6.07) is 14.6. The highest BCUT2D eigenvalue weighted by molar-refractivity contribution is 7.10. The number of thiophene rings is 1. The van der Waals surface area contributed by atoms with E-state index in [9.17, 15) is 14.4 Å². The minimum Gasteiger partial charge on any atom is -0.459 e. The predicted molar refractivity (Wildman–Crippen MR) is 119 cm³/mol. The zero-order valence-corrected chi connectivity index (χ0v) is 18.3. The Morgan fingerprint density at radius 2 is 1.75 bits per heavy atom. The van der Waals surface area contributed by atoms with Crippen LogP contribution in [0.4, 0.5) is 0 Å². The Morgan fingerprint density at radius 3 is 2.44 bits per heavy atom. The van der Waals surface area contributed by atoms with Gasteiger partial charge in [0.2, 0.25) is 5.91 Å². The van der Waals surface area contributed by atoms with Gasteiger partial charge in [-0.15, -0.1) is 11.3 Å². The van der Waals surface area contributed by atoms with Gasteiger partial charge in [-0.05, 0) is 35.2 Å². The van der Waals surface area contributed by atoms with Crippen LogP contribution in [0.15, 0.2) is 64.6 Å². The topological polar surface area (TPSA) is 74.1 Å².